The summed E-state index contributed by atoms with van der Waals surface area (Å²) in [7, 11) is 0. The van der Waals surface area contributed by atoms with Crippen molar-refractivity contribution in [3.8, 4) is 0 Å². The van der Waals surface area contributed by atoms with Crippen molar-refractivity contribution >= 4 is 46.5 Å². The van der Waals surface area contributed by atoms with E-state index in [2.05, 4.69) is 320 Å². The van der Waals surface area contributed by atoms with Crippen LogP contribution in [0.15, 0.2) is 132 Å². The molecular formula is C72H160N24O6S4. The average molecular weight is 1590 g/mol. The fourth-order valence-electron chi connectivity index (χ4n) is 2.63. The number of oxazole rings is 1. The van der Waals surface area contributed by atoms with E-state index in [0.717, 1.165) is 69.5 Å². The smallest absolute Gasteiger partial charge is 0.250 e. The molecule has 11 aromatic heterocycles. The highest BCUT2D eigenvalue weighted by molar-refractivity contribution is 7.05. The van der Waals surface area contributed by atoms with E-state index in [1.54, 1.807) is 43.2 Å². The first-order valence-electron chi connectivity index (χ1n) is 30.9. The van der Waals surface area contributed by atoms with Gasteiger partial charge in [-0.15, -0.1) is 20.4 Å². The zero-order valence-corrected chi connectivity index (χ0v) is 65.3. The van der Waals surface area contributed by atoms with Crippen LogP contribution < -0.4 is 0 Å². The van der Waals surface area contributed by atoms with Crippen LogP contribution in [-0.4, -0.2) is 119 Å². The Hall–Kier alpha value is -7.85. The van der Waals surface area contributed by atoms with Crippen LogP contribution in [0.1, 0.15) is 328 Å². The van der Waals surface area contributed by atoms with Gasteiger partial charge in [0.15, 0.2) is 19.0 Å². The van der Waals surface area contributed by atoms with Gasteiger partial charge >= 0.3 is 0 Å². The molecule has 0 fully saturated rings. The molecule has 628 valence electrons. The van der Waals surface area contributed by atoms with Crippen LogP contribution in [0.5, 0.6) is 0 Å². The first kappa shape index (κ1) is 144. The van der Waals surface area contributed by atoms with Crippen molar-refractivity contribution in [1.29, 1.82) is 0 Å². The summed E-state index contributed by atoms with van der Waals surface area (Å²) in [6.07, 6.45) is 21.6. The fraction of sp³-hybridized carbons (Fsp3) is 0.708. The van der Waals surface area contributed by atoms with Gasteiger partial charge in [-0.25, -0.2) is 14.2 Å². The molecule has 0 aromatic carbocycles. The molecule has 0 saturated heterocycles. The number of H-pyrrole nitrogens is 1. The van der Waals surface area contributed by atoms with Gasteiger partial charge in [0, 0.05) is 52.3 Å². The Morgan fingerprint density at radius 1 is 0.396 bits per heavy atom. The molecule has 11 aromatic rings. The molecule has 30 nitrogen and oxygen atoms in total. The van der Waals surface area contributed by atoms with Gasteiger partial charge in [-0.1, -0.05) is 322 Å². The van der Waals surface area contributed by atoms with E-state index >= 15 is 0 Å². The second-order valence-corrected chi connectivity index (χ2v) is 26.6. The summed E-state index contributed by atoms with van der Waals surface area (Å²) in [6.45, 7) is 61.9. The van der Waals surface area contributed by atoms with Crippen molar-refractivity contribution in [1.82, 2.24) is 119 Å². The highest BCUT2D eigenvalue weighted by Gasteiger charge is 2.04. The summed E-state index contributed by atoms with van der Waals surface area (Å²) in [5, 5.41) is 59.4. The quantitative estimate of drug-likeness (QED) is 0.171. The Morgan fingerprint density at radius 2 is 0.943 bits per heavy atom. The lowest BCUT2D eigenvalue weighted by molar-refractivity contribution is 0.292. The topological polar surface area (TPSA) is 391 Å². The van der Waals surface area contributed by atoms with Crippen LogP contribution >= 0.6 is 46.5 Å². The Balaban J connectivity index is -0.0000000483. The number of rotatable bonds is 4. The van der Waals surface area contributed by atoms with Gasteiger partial charge < -0.3 is 18.0 Å². The monoisotopic (exact) mass is 1590 g/mol. The van der Waals surface area contributed by atoms with Crippen LogP contribution in [0.4, 0.5) is 0 Å². The maximum Gasteiger partial charge on any atom is 0.250 e. The van der Waals surface area contributed by atoms with Crippen molar-refractivity contribution in [2.45, 2.75) is 306 Å². The molecule has 0 unspecified atom stereocenters. The van der Waals surface area contributed by atoms with E-state index in [-0.39, 0.29) is 87.6 Å². The van der Waals surface area contributed by atoms with Gasteiger partial charge in [0.1, 0.15) is 29.5 Å². The molecule has 0 aliphatic heterocycles. The summed E-state index contributed by atoms with van der Waals surface area (Å²) in [6, 6.07) is 3.56. The lowest BCUT2D eigenvalue weighted by Crippen LogP contribution is -1.85. The first-order valence-corrected chi connectivity index (χ1v) is 33.9. The zero-order valence-electron chi connectivity index (χ0n) is 62.0. The van der Waals surface area contributed by atoms with Crippen LogP contribution in [0.3, 0.4) is 0 Å². The van der Waals surface area contributed by atoms with Crippen molar-refractivity contribution in [2.24, 2.45) is 41.4 Å². The number of nitrogens with one attached hydrogen (secondary N) is 1. The number of nitrogens with zero attached hydrogens (tertiary/aromatic N) is 23. The molecule has 0 aliphatic rings. The Morgan fingerprint density at radius 3 is 1.08 bits per heavy atom. The number of hydrogen-bond acceptors (Lipinski definition) is 33. The van der Waals surface area contributed by atoms with Crippen LogP contribution in [-0.2, 0) is 0 Å². The maximum atomic E-state index is 4.62. The van der Waals surface area contributed by atoms with E-state index in [9.17, 15) is 0 Å². The highest BCUT2D eigenvalue weighted by atomic mass is 32.1. The van der Waals surface area contributed by atoms with E-state index in [4.69, 9.17) is 0 Å². The predicted octanol–water partition coefficient (Wildman–Crippen LogP) is 24.9. The van der Waals surface area contributed by atoms with E-state index in [0.29, 0.717) is 23.6 Å². The lowest BCUT2D eigenvalue weighted by atomic mass is 10.2. The van der Waals surface area contributed by atoms with Crippen LogP contribution in [0.25, 0.3) is 0 Å². The molecule has 0 saturated carbocycles. The third kappa shape index (κ3) is 172. The van der Waals surface area contributed by atoms with Gasteiger partial charge in [0.25, 0.3) is 5.89 Å². The Labute approximate surface area is 664 Å². The van der Waals surface area contributed by atoms with Gasteiger partial charge in [-0.3, -0.25) is 5.10 Å². The zero-order chi connectivity index (χ0) is 73.7. The molecule has 11 heterocycles. The van der Waals surface area contributed by atoms with E-state index in [1.807, 2.05) is 45.3 Å². The molecular weight excluding hydrogens is 1430 g/mol. The van der Waals surface area contributed by atoms with Crippen molar-refractivity contribution in [3.05, 3.63) is 127 Å². The maximum absolute atomic E-state index is 4.62. The molecule has 34 heteroatoms. The SMILES string of the molecule is C.C.C.C.C.C.C.C.C.C.C.CC(C)C.CC(C)C.CC(C)C.CC(C)C.CC(C)C.CC(C)C.CC(C)C.CC(C)c1cnon1.CC(C)c1cnsn1.CC(C)c1nnno1.CC(C)c1nnns1.c1cn[nH]c1.c1cnoc1.c1cocn1.c1conn1.c1csnn1.c1nnon1.c1nnsn1. The minimum atomic E-state index is 0. The third-order valence-electron chi connectivity index (χ3n) is 5.68. The normalized spacial score (nSPS) is 8.15. The molecule has 0 aliphatic carbocycles. The van der Waals surface area contributed by atoms with E-state index in [1.165, 1.54) is 78.8 Å². The lowest BCUT2D eigenvalue weighted by Gasteiger charge is -1.92. The molecule has 1 N–H and O–H groups in total. The van der Waals surface area contributed by atoms with Crippen molar-refractivity contribution in [3.63, 3.8) is 0 Å². The minimum absolute atomic E-state index is 0. The summed E-state index contributed by atoms with van der Waals surface area (Å²) < 4.78 is 48.0. The fourth-order valence-corrected chi connectivity index (χ4v) is 4.10. The van der Waals surface area contributed by atoms with Crippen LogP contribution in [0, 0.1) is 41.4 Å². The standard InChI is InChI=1S/C5H8N2O.C5H8N2S.C4H7N3O.C4H7N3S.7C4H10.C3H4N2.2C3H3NO.C2H2N2O.C2H2N2S.CHN3O.CHN3S.11CH4/c2*1-4(2)5-3-6-8-7-5;2*1-3(2)4-5-6-7-8-4;7*1-4(2)3;1-2-4-5-3-1;1-2-5-3-4-1;1-2-4-5-3-1;2*1-2-5-4-3-1;2*1-2-4-5-3-1;;;;;;;;;;;/h2*3-4H,1-2H3;2*3H,1-2H3;7*4H,1-3H3;1-3H,(H,4,5);2*1-3H;2*1-2H;2*1H;11*1H4. The second kappa shape index (κ2) is 116. The molecule has 11 rings (SSSR count). The number of hydrogen-bond donors (Lipinski definition) is 1. The largest absolute Gasteiger partial charge is 0.452 e. The molecule has 0 bridgehead atoms. The molecule has 0 atom stereocenters. The van der Waals surface area contributed by atoms with Gasteiger partial charge in [0.05, 0.1) is 76.9 Å². The third-order valence-corrected chi connectivity index (χ3v) is 7.86. The molecule has 0 radical (unpaired) electrons. The Bertz CT molecular complexity index is 2100. The van der Waals surface area contributed by atoms with Gasteiger partial charge in [-0.2, -0.15) is 18.2 Å². The highest BCUT2D eigenvalue weighted by Crippen LogP contribution is 2.12. The Kier molecular flexibility index (Phi) is 157. The number of aromatic amines is 1. The van der Waals surface area contributed by atoms with Crippen LogP contribution in [0.2, 0.25) is 0 Å². The summed E-state index contributed by atoms with van der Waals surface area (Å²) >= 11 is 5.08. The second-order valence-electron chi connectivity index (χ2n) is 24.1. The first-order chi connectivity index (χ1) is 44.8. The molecule has 0 spiro atoms. The summed E-state index contributed by atoms with van der Waals surface area (Å²) in [5.74, 6) is 8.11. The number of aromatic nitrogens is 24. The van der Waals surface area contributed by atoms with Gasteiger partial charge in [-0.05, 0) is 86.6 Å². The molecule has 106 heavy (non-hydrogen) atoms. The average Bonchev–Trinajstić information content (AvgIpc) is 1.90. The molecule has 0 amide bonds. The summed E-state index contributed by atoms with van der Waals surface area (Å²) in [4.78, 5) is 3.56. The van der Waals surface area contributed by atoms with E-state index < -0.39 is 0 Å². The summed E-state index contributed by atoms with van der Waals surface area (Å²) in [5.41, 5.74) is 2.00. The van der Waals surface area contributed by atoms with Gasteiger partial charge in [0.2, 0.25) is 0 Å². The predicted molar refractivity (Wildman–Crippen MR) is 454 cm³/mol. The minimum Gasteiger partial charge on any atom is -0.452 e. The van der Waals surface area contributed by atoms with Crippen molar-refractivity contribution in [2.75, 3.05) is 0 Å². The van der Waals surface area contributed by atoms with Crippen molar-refractivity contribution < 1.29 is 27.2 Å².